The fourth-order valence-corrected chi connectivity index (χ4v) is 7.01. The lowest BCUT2D eigenvalue weighted by Crippen LogP contribution is -1.79. The predicted octanol–water partition coefficient (Wildman–Crippen LogP) is 5.39. The van der Waals surface area contributed by atoms with Gasteiger partial charge in [-0.05, 0) is 43.8 Å². The third-order valence-electron chi connectivity index (χ3n) is 1.93. The quantitative estimate of drug-likeness (QED) is 0.517. The Balaban J connectivity index is 2.62. The van der Waals surface area contributed by atoms with Crippen molar-refractivity contribution < 1.29 is 0 Å². The molecule has 1 aromatic rings. The van der Waals surface area contributed by atoms with Crippen molar-refractivity contribution in [3.63, 3.8) is 0 Å². The summed E-state index contributed by atoms with van der Waals surface area (Å²) < 4.78 is 2.35. The SMILES string of the molecule is Cl[C@@H]1C[C@@H](Br)c2c(Br)sc(Br)c21. The van der Waals surface area contributed by atoms with E-state index in [-0.39, 0.29) is 5.38 Å². The maximum Gasteiger partial charge on any atom is 0.0760 e. The molecule has 1 aromatic heterocycles. The van der Waals surface area contributed by atoms with Gasteiger partial charge in [-0.25, -0.2) is 0 Å². The summed E-state index contributed by atoms with van der Waals surface area (Å²) in [5.74, 6) is 0. The van der Waals surface area contributed by atoms with Crippen molar-refractivity contribution in [3.8, 4) is 0 Å². The number of thiophene rings is 1. The Morgan fingerprint density at radius 3 is 2.42 bits per heavy atom. The van der Waals surface area contributed by atoms with Crippen LogP contribution < -0.4 is 0 Å². The van der Waals surface area contributed by atoms with E-state index in [1.807, 2.05) is 0 Å². The first-order valence-electron chi connectivity index (χ1n) is 3.37. The summed E-state index contributed by atoms with van der Waals surface area (Å²) in [4.78, 5) is 0.409. The van der Waals surface area contributed by atoms with E-state index in [0.29, 0.717) is 4.83 Å². The molecule has 2 atom stereocenters. The third-order valence-corrected chi connectivity index (χ3v) is 5.79. The lowest BCUT2D eigenvalue weighted by Gasteiger charge is -1.99. The Labute approximate surface area is 105 Å². The number of hydrogen-bond acceptors (Lipinski definition) is 1. The van der Waals surface area contributed by atoms with E-state index in [1.165, 1.54) is 14.9 Å². The summed E-state index contributed by atoms with van der Waals surface area (Å²) >= 11 is 18.5. The number of hydrogen-bond donors (Lipinski definition) is 0. The Bertz CT molecular complexity index is 294. The minimum absolute atomic E-state index is 0.154. The highest BCUT2D eigenvalue weighted by Crippen LogP contribution is 2.55. The van der Waals surface area contributed by atoms with Crippen LogP contribution in [0.5, 0.6) is 0 Å². The van der Waals surface area contributed by atoms with Crippen LogP contribution in [0.25, 0.3) is 0 Å². The fourth-order valence-electron chi connectivity index (χ4n) is 1.40. The Morgan fingerprint density at radius 1 is 1.25 bits per heavy atom. The summed E-state index contributed by atoms with van der Waals surface area (Å²) in [6, 6.07) is 0. The molecule has 1 heterocycles. The molecular weight excluding hydrogens is 391 g/mol. The van der Waals surface area contributed by atoms with Gasteiger partial charge < -0.3 is 0 Å². The van der Waals surface area contributed by atoms with Gasteiger partial charge >= 0.3 is 0 Å². The molecule has 12 heavy (non-hydrogen) atoms. The molecule has 0 nitrogen and oxygen atoms in total. The number of rotatable bonds is 0. The standard InChI is InChI=1S/C7H4Br3ClS/c8-2-1-3(11)5-4(2)6(9)12-7(5)10/h2-3H,1H2/t2-,3-/m1/s1. The summed E-state index contributed by atoms with van der Waals surface area (Å²) in [5.41, 5.74) is 2.59. The Kier molecular flexibility index (Phi) is 2.94. The molecule has 66 valence electrons. The van der Waals surface area contributed by atoms with E-state index in [9.17, 15) is 0 Å². The largest absolute Gasteiger partial charge is 0.121 e. The fraction of sp³-hybridized carbons (Fsp3) is 0.429. The van der Waals surface area contributed by atoms with Crippen LogP contribution in [0.2, 0.25) is 0 Å². The second-order valence-corrected chi connectivity index (χ2v) is 7.94. The van der Waals surface area contributed by atoms with E-state index in [0.717, 1.165) is 10.2 Å². The van der Waals surface area contributed by atoms with Gasteiger partial charge in [0.25, 0.3) is 0 Å². The van der Waals surface area contributed by atoms with E-state index >= 15 is 0 Å². The van der Waals surface area contributed by atoms with Crippen molar-refractivity contribution >= 4 is 70.7 Å². The van der Waals surface area contributed by atoms with Crippen LogP contribution in [0.15, 0.2) is 7.57 Å². The highest BCUT2D eigenvalue weighted by Gasteiger charge is 2.33. The first-order valence-corrected chi connectivity index (χ1v) is 7.12. The summed E-state index contributed by atoms with van der Waals surface area (Å²) in [6.07, 6.45) is 0.983. The first-order chi connectivity index (χ1) is 5.61. The van der Waals surface area contributed by atoms with Gasteiger partial charge in [0, 0.05) is 10.4 Å². The Hall–Kier alpha value is 1.43. The molecule has 0 saturated carbocycles. The molecule has 1 aliphatic rings. The number of halogens is 4. The van der Waals surface area contributed by atoms with Crippen LogP contribution in [0.3, 0.4) is 0 Å². The molecule has 0 saturated heterocycles. The number of fused-ring (bicyclic) bond motifs is 1. The molecule has 0 aliphatic heterocycles. The molecule has 0 spiro atoms. The maximum absolute atomic E-state index is 6.18. The van der Waals surface area contributed by atoms with Crippen molar-refractivity contribution in [2.75, 3.05) is 0 Å². The van der Waals surface area contributed by atoms with Crippen LogP contribution in [0.4, 0.5) is 0 Å². The van der Waals surface area contributed by atoms with E-state index < -0.39 is 0 Å². The monoisotopic (exact) mass is 392 g/mol. The van der Waals surface area contributed by atoms with Crippen LogP contribution >= 0.6 is 70.7 Å². The molecular formula is C7H4Br3ClS. The lowest BCUT2D eigenvalue weighted by atomic mass is 10.2. The molecule has 0 N–H and O–H groups in total. The van der Waals surface area contributed by atoms with Crippen molar-refractivity contribution in [3.05, 3.63) is 18.7 Å². The van der Waals surface area contributed by atoms with Crippen molar-refractivity contribution in [2.24, 2.45) is 0 Å². The molecule has 0 unspecified atom stereocenters. The van der Waals surface area contributed by atoms with Crippen LogP contribution in [-0.2, 0) is 0 Å². The summed E-state index contributed by atoms with van der Waals surface area (Å²) in [6.45, 7) is 0. The van der Waals surface area contributed by atoms with E-state index in [4.69, 9.17) is 11.6 Å². The maximum atomic E-state index is 6.18. The smallest absolute Gasteiger partial charge is 0.0760 e. The average molecular weight is 395 g/mol. The van der Waals surface area contributed by atoms with E-state index in [1.54, 1.807) is 11.3 Å². The average Bonchev–Trinajstić information content (AvgIpc) is 2.38. The van der Waals surface area contributed by atoms with Gasteiger partial charge in [0.1, 0.15) is 0 Å². The zero-order chi connectivity index (χ0) is 8.88. The molecule has 5 heteroatoms. The summed E-state index contributed by atoms with van der Waals surface area (Å²) in [7, 11) is 0. The third kappa shape index (κ3) is 1.44. The van der Waals surface area contributed by atoms with Gasteiger partial charge in [-0.1, -0.05) is 15.9 Å². The van der Waals surface area contributed by atoms with Gasteiger partial charge in [-0.3, -0.25) is 0 Å². The molecule has 0 fully saturated rings. The Morgan fingerprint density at radius 2 is 1.83 bits per heavy atom. The molecule has 0 aromatic carbocycles. The van der Waals surface area contributed by atoms with Gasteiger partial charge in [-0.2, -0.15) is 0 Å². The van der Waals surface area contributed by atoms with Crippen molar-refractivity contribution in [1.82, 2.24) is 0 Å². The van der Waals surface area contributed by atoms with Gasteiger partial charge in [0.15, 0.2) is 0 Å². The predicted molar refractivity (Wildman–Crippen MR) is 64.6 cm³/mol. The topological polar surface area (TPSA) is 0 Å². The van der Waals surface area contributed by atoms with Crippen LogP contribution in [-0.4, -0.2) is 0 Å². The normalized spacial score (nSPS) is 27.7. The van der Waals surface area contributed by atoms with Gasteiger partial charge in [0.2, 0.25) is 0 Å². The molecule has 0 bridgehead atoms. The van der Waals surface area contributed by atoms with Gasteiger partial charge in [0.05, 0.1) is 12.9 Å². The molecule has 2 rings (SSSR count). The summed E-state index contributed by atoms with van der Waals surface area (Å²) in [5, 5.41) is 0.154. The van der Waals surface area contributed by atoms with E-state index in [2.05, 4.69) is 47.8 Å². The molecule has 0 amide bonds. The van der Waals surface area contributed by atoms with Crippen LogP contribution in [0, 0.1) is 0 Å². The van der Waals surface area contributed by atoms with Crippen LogP contribution in [0.1, 0.15) is 27.8 Å². The highest BCUT2D eigenvalue weighted by atomic mass is 79.9. The second-order valence-electron chi connectivity index (χ2n) is 2.65. The van der Waals surface area contributed by atoms with Crippen molar-refractivity contribution in [2.45, 2.75) is 16.6 Å². The highest BCUT2D eigenvalue weighted by molar-refractivity contribution is 9.12. The zero-order valence-corrected chi connectivity index (χ0v) is 12.1. The molecule has 1 aliphatic carbocycles. The first kappa shape index (κ1) is 9.97. The number of alkyl halides is 2. The zero-order valence-electron chi connectivity index (χ0n) is 5.78. The second kappa shape index (κ2) is 3.54. The minimum atomic E-state index is 0.154. The van der Waals surface area contributed by atoms with Crippen molar-refractivity contribution in [1.29, 1.82) is 0 Å². The lowest BCUT2D eigenvalue weighted by molar-refractivity contribution is 0.872. The van der Waals surface area contributed by atoms with Gasteiger partial charge in [-0.15, -0.1) is 22.9 Å². The molecule has 0 radical (unpaired) electrons. The minimum Gasteiger partial charge on any atom is -0.121 e.